The van der Waals surface area contributed by atoms with Crippen molar-refractivity contribution in [1.82, 2.24) is 14.3 Å². The first-order chi connectivity index (χ1) is 8.72. The molecule has 0 spiro atoms. The molecule has 3 heterocycles. The number of hydrogen-bond donors (Lipinski definition) is 1. The van der Waals surface area contributed by atoms with Crippen LogP contribution in [0.15, 0.2) is 24.5 Å². The van der Waals surface area contributed by atoms with Gasteiger partial charge in [0, 0.05) is 18.9 Å². The highest BCUT2D eigenvalue weighted by Crippen LogP contribution is 2.14. The van der Waals surface area contributed by atoms with Crippen LogP contribution in [0.4, 0.5) is 0 Å². The Morgan fingerprint density at radius 3 is 2.89 bits per heavy atom. The van der Waals surface area contributed by atoms with Crippen LogP contribution in [-0.2, 0) is 6.54 Å². The SMILES string of the molecule is O=C(O)c1ccn2cc(CN3CCCC3)nc2c1. The van der Waals surface area contributed by atoms with Crippen LogP contribution >= 0.6 is 0 Å². The molecule has 1 saturated heterocycles. The van der Waals surface area contributed by atoms with Gasteiger partial charge in [-0.25, -0.2) is 9.78 Å². The van der Waals surface area contributed by atoms with Crippen molar-refractivity contribution in [3.8, 4) is 0 Å². The van der Waals surface area contributed by atoms with Crippen molar-refractivity contribution in [2.24, 2.45) is 0 Å². The molecule has 0 unspecified atom stereocenters. The van der Waals surface area contributed by atoms with Crippen LogP contribution in [0.25, 0.3) is 5.65 Å². The van der Waals surface area contributed by atoms with Crippen LogP contribution < -0.4 is 0 Å². The zero-order valence-electron chi connectivity index (χ0n) is 10.0. The van der Waals surface area contributed by atoms with Gasteiger partial charge in [-0.05, 0) is 38.1 Å². The first-order valence-corrected chi connectivity index (χ1v) is 6.16. The molecule has 1 fully saturated rings. The molecule has 0 bridgehead atoms. The third-order valence-electron chi connectivity index (χ3n) is 3.34. The largest absolute Gasteiger partial charge is 0.478 e. The van der Waals surface area contributed by atoms with Crippen molar-refractivity contribution >= 4 is 11.6 Å². The standard InChI is InChI=1S/C13H15N3O2/c17-13(18)10-3-6-16-9-11(14-12(16)7-10)8-15-4-1-2-5-15/h3,6-7,9H,1-2,4-5,8H2,(H,17,18). The number of fused-ring (bicyclic) bond motifs is 1. The summed E-state index contributed by atoms with van der Waals surface area (Å²) in [6, 6.07) is 3.20. The fourth-order valence-electron chi connectivity index (χ4n) is 2.41. The molecule has 0 atom stereocenters. The van der Waals surface area contributed by atoms with Gasteiger partial charge >= 0.3 is 5.97 Å². The molecular weight excluding hydrogens is 230 g/mol. The molecule has 0 aliphatic carbocycles. The minimum Gasteiger partial charge on any atom is -0.478 e. The maximum Gasteiger partial charge on any atom is 0.335 e. The van der Waals surface area contributed by atoms with E-state index in [2.05, 4.69) is 9.88 Å². The van der Waals surface area contributed by atoms with Gasteiger partial charge in [0.15, 0.2) is 0 Å². The van der Waals surface area contributed by atoms with Gasteiger partial charge in [-0.3, -0.25) is 4.90 Å². The van der Waals surface area contributed by atoms with E-state index in [0.29, 0.717) is 5.65 Å². The molecule has 1 N–H and O–H groups in total. The minimum atomic E-state index is -0.915. The second-order valence-electron chi connectivity index (χ2n) is 4.70. The van der Waals surface area contributed by atoms with E-state index in [1.807, 2.05) is 10.6 Å². The number of carbonyl (C=O) groups is 1. The van der Waals surface area contributed by atoms with Crippen LogP contribution in [0.3, 0.4) is 0 Å². The molecule has 5 heteroatoms. The fourth-order valence-corrected chi connectivity index (χ4v) is 2.41. The van der Waals surface area contributed by atoms with Gasteiger partial charge in [0.25, 0.3) is 0 Å². The molecule has 0 radical (unpaired) electrons. The van der Waals surface area contributed by atoms with Crippen molar-refractivity contribution in [1.29, 1.82) is 0 Å². The highest BCUT2D eigenvalue weighted by atomic mass is 16.4. The fraction of sp³-hybridized carbons (Fsp3) is 0.385. The summed E-state index contributed by atoms with van der Waals surface area (Å²) in [5.74, 6) is -0.915. The molecule has 2 aromatic rings. The Labute approximate surface area is 105 Å². The summed E-state index contributed by atoms with van der Waals surface area (Å²) in [7, 11) is 0. The van der Waals surface area contributed by atoms with E-state index in [1.54, 1.807) is 18.3 Å². The van der Waals surface area contributed by atoms with Gasteiger partial charge in [0.05, 0.1) is 11.3 Å². The van der Waals surface area contributed by atoms with Crippen LogP contribution in [0, 0.1) is 0 Å². The van der Waals surface area contributed by atoms with Crippen LogP contribution in [0.2, 0.25) is 0 Å². The van der Waals surface area contributed by atoms with Crippen molar-refractivity contribution in [3.63, 3.8) is 0 Å². The normalized spacial score (nSPS) is 16.4. The number of likely N-dealkylation sites (tertiary alicyclic amines) is 1. The lowest BCUT2D eigenvalue weighted by molar-refractivity contribution is 0.0697. The molecule has 5 nitrogen and oxygen atoms in total. The maximum atomic E-state index is 10.9. The smallest absolute Gasteiger partial charge is 0.335 e. The van der Waals surface area contributed by atoms with E-state index in [1.165, 1.54) is 12.8 Å². The van der Waals surface area contributed by atoms with Gasteiger partial charge < -0.3 is 9.51 Å². The first kappa shape index (κ1) is 11.2. The predicted octanol–water partition coefficient (Wildman–Crippen LogP) is 1.63. The van der Waals surface area contributed by atoms with Crippen LogP contribution in [-0.4, -0.2) is 38.4 Å². The summed E-state index contributed by atoms with van der Waals surface area (Å²) in [4.78, 5) is 17.7. The average molecular weight is 245 g/mol. The number of carboxylic acid groups (broad SMARTS) is 1. The summed E-state index contributed by atoms with van der Waals surface area (Å²) >= 11 is 0. The Kier molecular flexibility index (Phi) is 2.76. The molecule has 0 aromatic carbocycles. The van der Waals surface area contributed by atoms with Gasteiger partial charge in [-0.2, -0.15) is 0 Å². The number of hydrogen-bond acceptors (Lipinski definition) is 3. The average Bonchev–Trinajstić information content (AvgIpc) is 2.96. The summed E-state index contributed by atoms with van der Waals surface area (Å²) in [5, 5.41) is 8.94. The number of aromatic nitrogens is 2. The molecule has 2 aromatic heterocycles. The molecule has 1 aliphatic rings. The number of pyridine rings is 1. The van der Waals surface area contributed by atoms with E-state index < -0.39 is 5.97 Å². The van der Waals surface area contributed by atoms with Crippen molar-refractivity contribution in [3.05, 3.63) is 35.8 Å². The monoisotopic (exact) mass is 245 g/mol. The zero-order chi connectivity index (χ0) is 12.5. The lowest BCUT2D eigenvalue weighted by Gasteiger charge is -2.11. The lowest BCUT2D eigenvalue weighted by atomic mass is 10.3. The predicted molar refractivity (Wildman–Crippen MR) is 66.7 cm³/mol. The van der Waals surface area contributed by atoms with E-state index in [9.17, 15) is 4.79 Å². The highest BCUT2D eigenvalue weighted by molar-refractivity contribution is 5.88. The first-order valence-electron chi connectivity index (χ1n) is 6.16. The van der Waals surface area contributed by atoms with E-state index >= 15 is 0 Å². The molecule has 94 valence electrons. The molecule has 1 aliphatic heterocycles. The van der Waals surface area contributed by atoms with Crippen LogP contribution in [0.5, 0.6) is 0 Å². The lowest BCUT2D eigenvalue weighted by Crippen LogP contribution is -2.18. The Bertz CT molecular complexity index is 585. The molecule has 0 amide bonds. The summed E-state index contributed by atoms with van der Waals surface area (Å²) in [5.41, 5.74) is 1.98. The highest BCUT2D eigenvalue weighted by Gasteiger charge is 2.14. The van der Waals surface area contributed by atoms with Crippen molar-refractivity contribution < 1.29 is 9.90 Å². The molecular formula is C13H15N3O2. The topological polar surface area (TPSA) is 57.8 Å². The summed E-state index contributed by atoms with van der Waals surface area (Å²) < 4.78 is 1.87. The van der Waals surface area contributed by atoms with E-state index in [0.717, 1.165) is 25.3 Å². The minimum absolute atomic E-state index is 0.279. The van der Waals surface area contributed by atoms with Gasteiger partial charge in [-0.1, -0.05) is 0 Å². The number of nitrogens with zero attached hydrogens (tertiary/aromatic N) is 3. The van der Waals surface area contributed by atoms with Gasteiger partial charge in [-0.15, -0.1) is 0 Å². The number of aromatic carboxylic acids is 1. The van der Waals surface area contributed by atoms with E-state index in [-0.39, 0.29) is 5.56 Å². The zero-order valence-corrected chi connectivity index (χ0v) is 10.0. The summed E-state index contributed by atoms with van der Waals surface area (Å²) in [6.45, 7) is 3.12. The second-order valence-corrected chi connectivity index (χ2v) is 4.70. The third kappa shape index (κ3) is 2.09. The Morgan fingerprint density at radius 2 is 2.17 bits per heavy atom. The van der Waals surface area contributed by atoms with Crippen molar-refractivity contribution in [2.45, 2.75) is 19.4 Å². The quantitative estimate of drug-likeness (QED) is 0.893. The Hall–Kier alpha value is -1.88. The molecule has 3 rings (SSSR count). The van der Waals surface area contributed by atoms with E-state index in [4.69, 9.17) is 5.11 Å². The number of imidazole rings is 1. The Balaban J connectivity index is 1.87. The maximum absolute atomic E-state index is 10.9. The molecule has 18 heavy (non-hydrogen) atoms. The Morgan fingerprint density at radius 1 is 1.39 bits per heavy atom. The van der Waals surface area contributed by atoms with Crippen molar-refractivity contribution in [2.75, 3.05) is 13.1 Å². The molecule has 0 saturated carbocycles. The number of carboxylic acids is 1. The van der Waals surface area contributed by atoms with Crippen LogP contribution in [0.1, 0.15) is 28.9 Å². The van der Waals surface area contributed by atoms with Gasteiger partial charge in [0.2, 0.25) is 0 Å². The van der Waals surface area contributed by atoms with Gasteiger partial charge in [0.1, 0.15) is 5.65 Å². The number of rotatable bonds is 3. The third-order valence-corrected chi connectivity index (χ3v) is 3.34. The second kappa shape index (κ2) is 4.42. The summed E-state index contributed by atoms with van der Waals surface area (Å²) in [6.07, 6.45) is 6.24.